The summed E-state index contributed by atoms with van der Waals surface area (Å²) >= 11 is 0. The molecule has 0 fully saturated rings. The second kappa shape index (κ2) is 8.21. The number of aliphatic hydroxyl groups is 1. The van der Waals surface area contributed by atoms with Gasteiger partial charge in [-0.25, -0.2) is 0 Å². The van der Waals surface area contributed by atoms with Crippen LogP contribution in [0.25, 0.3) is 6.08 Å². The monoisotopic (exact) mass is 316 g/mol. The van der Waals surface area contributed by atoms with Crippen molar-refractivity contribution in [1.29, 1.82) is 0 Å². The fourth-order valence-electron chi connectivity index (χ4n) is 2.56. The maximum atomic E-state index is 10.1. The predicted molar refractivity (Wildman–Crippen MR) is 94.7 cm³/mol. The average molecular weight is 316 g/mol. The summed E-state index contributed by atoms with van der Waals surface area (Å²) < 4.78 is 10.7. The van der Waals surface area contributed by atoms with Crippen LogP contribution >= 0.6 is 0 Å². The fraction of sp³-hybridized carbons (Fsp3) is 0.500. The number of hydrogen-bond donors (Lipinski definition) is 1. The number of rotatable bonds is 8. The van der Waals surface area contributed by atoms with E-state index < -0.39 is 5.60 Å². The van der Waals surface area contributed by atoms with Crippen molar-refractivity contribution in [3.8, 4) is 11.5 Å². The lowest BCUT2D eigenvalue weighted by Gasteiger charge is -2.21. The average Bonchev–Trinajstić information content (AvgIpc) is 3.01. The number of allylic oxidation sites excluding steroid dienone is 3. The molecular weight excluding hydrogens is 288 g/mol. The van der Waals surface area contributed by atoms with Gasteiger partial charge >= 0.3 is 0 Å². The minimum atomic E-state index is -0.527. The zero-order valence-electron chi connectivity index (χ0n) is 14.5. The lowest BCUT2D eigenvalue weighted by molar-refractivity contribution is 0.0450. The van der Waals surface area contributed by atoms with Gasteiger partial charge in [-0.2, -0.15) is 0 Å². The molecule has 23 heavy (non-hydrogen) atoms. The summed E-state index contributed by atoms with van der Waals surface area (Å²) in [6.45, 7) is 6.44. The van der Waals surface area contributed by atoms with Crippen LogP contribution in [0.5, 0.6) is 11.5 Å². The Morgan fingerprint density at radius 2 is 2.04 bits per heavy atom. The quantitative estimate of drug-likeness (QED) is 0.678. The van der Waals surface area contributed by atoms with Crippen molar-refractivity contribution in [2.75, 3.05) is 6.79 Å². The first-order chi connectivity index (χ1) is 11.0. The highest BCUT2D eigenvalue weighted by atomic mass is 16.7. The number of fused-ring (bicyclic) bond motifs is 1. The summed E-state index contributed by atoms with van der Waals surface area (Å²) in [6.07, 6.45) is 11.1. The molecule has 1 aliphatic rings. The Bertz CT molecular complexity index is 570. The van der Waals surface area contributed by atoms with Crippen LogP contribution in [0.15, 0.2) is 35.9 Å². The van der Waals surface area contributed by atoms with Crippen LogP contribution in [-0.2, 0) is 0 Å². The Morgan fingerprint density at radius 3 is 2.78 bits per heavy atom. The summed E-state index contributed by atoms with van der Waals surface area (Å²) in [4.78, 5) is 0. The molecule has 1 N–H and O–H groups in total. The highest BCUT2D eigenvalue weighted by molar-refractivity contribution is 5.57. The molecule has 0 amide bonds. The van der Waals surface area contributed by atoms with E-state index in [9.17, 15) is 5.11 Å². The highest BCUT2D eigenvalue weighted by Gasteiger charge is 2.16. The molecule has 0 saturated heterocycles. The first-order valence-corrected chi connectivity index (χ1v) is 8.52. The Balaban J connectivity index is 1.88. The van der Waals surface area contributed by atoms with Gasteiger partial charge in [-0.1, -0.05) is 43.7 Å². The third kappa shape index (κ3) is 5.43. The lowest BCUT2D eigenvalue weighted by atomic mass is 9.94. The van der Waals surface area contributed by atoms with Crippen LogP contribution in [0, 0.1) is 0 Å². The molecule has 1 unspecified atom stereocenters. The van der Waals surface area contributed by atoms with E-state index in [1.54, 1.807) is 0 Å². The normalized spacial score (nSPS) is 16.8. The third-order valence-corrected chi connectivity index (χ3v) is 4.45. The maximum Gasteiger partial charge on any atom is 0.231 e. The van der Waals surface area contributed by atoms with Crippen molar-refractivity contribution in [2.24, 2.45) is 0 Å². The molecule has 126 valence electrons. The summed E-state index contributed by atoms with van der Waals surface area (Å²) in [5.74, 6) is 1.63. The molecule has 3 nitrogen and oxygen atoms in total. The first kappa shape index (κ1) is 17.6. The summed E-state index contributed by atoms with van der Waals surface area (Å²) in [5.41, 5.74) is 1.99. The minimum absolute atomic E-state index is 0.309. The molecule has 0 bridgehead atoms. The molecule has 1 atom stereocenters. The molecule has 0 spiro atoms. The van der Waals surface area contributed by atoms with Crippen LogP contribution in [0.2, 0.25) is 0 Å². The van der Waals surface area contributed by atoms with Crippen LogP contribution in [0.1, 0.15) is 58.4 Å². The van der Waals surface area contributed by atoms with E-state index in [1.165, 1.54) is 5.57 Å². The molecule has 0 aromatic heterocycles. The van der Waals surface area contributed by atoms with Crippen molar-refractivity contribution >= 4 is 6.08 Å². The molecule has 3 heteroatoms. The fourth-order valence-corrected chi connectivity index (χ4v) is 2.56. The Morgan fingerprint density at radius 1 is 1.26 bits per heavy atom. The van der Waals surface area contributed by atoms with Gasteiger partial charge in [0.15, 0.2) is 11.5 Å². The van der Waals surface area contributed by atoms with Gasteiger partial charge < -0.3 is 14.6 Å². The molecule has 1 aromatic carbocycles. The molecule has 0 aliphatic carbocycles. The molecule has 2 rings (SSSR count). The minimum Gasteiger partial charge on any atom is -0.454 e. The van der Waals surface area contributed by atoms with Crippen LogP contribution in [-0.4, -0.2) is 17.5 Å². The molecule has 1 heterocycles. The highest BCUT2D eigenvalue weighted by Crippen LogP contribution is 2.32. The van der Waals surface area contributed by atoms with Crippen molar-refractivity contribution in [3.05, 3.63) is 41.5 Å². The maximum absolute atomic E-state index is 10.1. The van der Waals surface area contributed by atoms with Gasteiger partial charge in [0.25, 0.3) is 0 Å². The summed E-state index contributed by atoms with van der Waals surface area (Å²) in [5, 5.41) is 10.1. The van der Waals surface area contributed by atoms with Gasteiger partial charge in [-0.15, -0.1) is 0 Å². The van der Waals surface area contributed by atoms with E-state index in [-0.39, 0.29) is 0 Å². The number of hydrogen-bond acceptors (Lipinski definition) is 3. The van der Waals surface area contributed by atoms with E-state index in [0.29, 0.717) is 6.79 Å². The second-order valence-corrected chi connectivity index (χ2v) is 6.35. The largest absolute Gasteiger partial charge is 0.454 e. The smallest absolute Gasteiger partial charge is 0.231 e. The van der Waals surface area contributed by atoms with Crippen molar-refractivity contribution in [3.63, 3.8) is 0 Å². The Labute approximate surface area is 139 Å². The van der Waals surface area contributed by atoms with Crippen molar-refractivity contribution < 1.29 is 14.6 Å². The van der Waals surface area contributed by atoms with Gasteiger partial charge in [0.1, 0.15) is 0 Å². The summed E-state index contributed by atoms with van der Waals surface area (Å²) in [6, 6.07) is 5.97. The third-order valence-electron chi connectivity index (χ3n) is 4.45. The topological polar surface area (TPSA) is 38.7 Å². The standard InChI is InChI=1S/C20H28O3/c1-4-16(10-7-13-20(3,21)5-2)8-6-9-17-11-12-18-19(14-17)23-15-22-18/h6,8-9,11-12,14,21H,4-5,7,10,13,15H2,1-3H3. The van der Waals surface area contributed by atoms with E-state index in [1.807, 2.05) is 32.0 Å². The van der Waals surface area contributed by atoms with Gasteiger partial charge in [0, 0.05) is 0 Å². The van der Waals surface area contributed by atoms with E-state index in [4.69, 9.17) is 9.47 Å². The van der Waals surface area contributed by atoms with Crippen LogP contribution in [0.4, 0.5) is 0 Å². The molecule has 1 aliphatic heterocycles. The molecule has 0 radical (unpaired) electrons. The predicted octanol–water partition coefficient (Wildman–Crippen LogP) is 5.10. The van der Waals surface area contributed by atoms with E-state index in [0.717, 1.165) is 49.2 Å². The lowest BCUT2D eigenvalue weighted by Crippen LogP contribution is -2.22. The zero-order chi connectivity index (χ0) is 16.7. The van der Waals surface area contributed by atoms with Crippen LogP contribution in [0.3, 0.4) is 0 Å². The Hall–Kier alpha value is -1.74. The van der Waals surface area contributed by atoms with Gasteiger partial charge in [-0.3, -0.25) is 0 Å². The van der Waals surface area contributed by atoms with E-state index >= 15 is 0 Å². The SMILES string of the molecule is CCC(=CC=Cc1ccc2c(c1)OCO2)CCCC(C)(O)CC. The second-order valence-electron chi connectivity index (χ2n) is 6.35. The first-order valence-electron chi connectivity index (χ1n) is 8.52. The number of benzene rings is 1. The summed E-state index contributed by atoms with van der Waals surface area (Å²) in [7, 11) is 0. The Kier molecular flexibility index (Phi) is 6.28. The molecule has 1 aromatic rings. The van der Waals surface area contributed by atoms with Crippen LogP contribution < -0.4 is 9.47 Å². The van der Waals surface area contributed by atoms with Gasteiger partial charge in [-0.05, 0) is 56.7 Å². The van der Waals surface area contributed by atoms with Crippen molar-refractivity contribution in [2.45, 2.75) is 58.5 Å². The van der Waals surface area contributed by atoms with E-state index in [2.05, 4.69) is 25.2 Å². The van der Waals surface area contributed by atoms with Gasteiger partial charge in [0.05, 0.1) is 5.60 Å². The van der Waals surface area contributed by atoms with Gasteiger partial charge in [0.2, 0.25) is 6.79 Å². The zero-order valence-corrected chi connectivity index (χ0v) is 14.5. The molecular formula is C20H28O3. The number of ether oxygens (including phenoxy) is 2. The molecule has 0 saturated carbocycles. The van der Waals surface area contributed by atoms with Crippen molar-refractivity contribution in [1.82, 2.24) is 0 Å².